The van der Waals surface area contributed by atoms with Crippen LogP contribution in [0.1, 0.15) is 5.82 Å². The summed E-state index contributed by atoms with van der Waals surface area (Å²) in [6.45, 7) is 0. The lowest BCUT2D eigenvalue weighted by molar-refractivity contribution is -0.137. The Kier molecular flexibility index (Phi) is 3.65. The third-order valence-corrected chi connectivity index (χ3v) is 3.36. The predicted molar refractivity (Wildman–Crippen MR) is 67.9 cm³/mol. The molecule has 1 heterocycles. The lowest BCUT2D eigenvalue weighted by atomic mass is 10.3. The number of carboxylic acids is 1. The number of H-pyrrole nitrogens is 1. The highest BCUT2D eigenvalue weighted by atomic mass is 32.2. The maximum atomic E-state index is 10.5. The molecule has 0 fully saturated rings. The van der Waals surface area contributed by atoms with Crippen molar-refractivity contribution in [3.05, 3.63) is 30.1 Å². The van der Waals surface area contributed by atoms with Gasteiger partial charge in [0.25, 0.3) is 0 Å². The van der Waals surface area contributed by atoms with Gasteiger partial charge < -0.3 is 15.8 Å². The molecule has 90 valence electrons. The number of hydrogen-bond acceptors (Lipinski definition) is 4. The number of benzene rings is 1. The molecule has 4 N–H and O–H groups in total. The van der Waals surface area contributed by atoms with E-state index in [-0.39, 0.29) is 0 Å². The zero-order chi connectivity index (χ0) is 12.3. The van der Waals surface area contributed by atoms with Crippen LogP contribution in [0.5, 0.6) is 0 Å². The molecule has 0 saturated carbocycles. The van der Waals surface area contributed by atoms with Gasteiger partial charge in [-0.3, -0.25) is 4.79 Å². The zero-order valence-corrected chi connectivity index (χ0v) is 9.91. The van der Waals surface area contributed by atoms with E-state index in [0.717, 1.165) is 16.9 Å². The van der Waals surface area contributed by atoms with Crippen LogP contribution in [0.4, 0.5) is 0 Å². The maximum absolute atomic E-state index is 10.5. The molecule has 1 atom stereocenters. The third kappa shape index (κ3) is 2.98. The molecule has 1 aromatic carbocycles. The van der Waals surface area contributed by atoms with Crippen LogP contribution in [0.2, 0.25) is 0 Å². The van der Waals surface area contributed by atoms with Gasteiger partial charge in [-0.2, -0.15) is 11.8 Å². The Morgan fingerprint density at radius 1 is 1.53 bits per heavy atom. The van der Waals surface area contributed by atoms with Crippen molar-refractivity contribution in [3.63, 3.8) is 0 Å². The van der Waals surface area contributed by atoms with Crippen LogP contribution in [0.25, 0.3) is 11.0 Å². The minimum atomic E-state index is -0.970. The van der Waals surface area contributed by atoms with Crippen LogP contribution >= 0.6 is 11.8 Å². The third-order valence-electron chi connectivity index (χ3n) is 2.29. The van der Waals surface area contributed by atoms with Gasteiger partial charge in [0, 0.05) is 5.75 Å². The Morgan fingerprint density at radius 2 is 2.29 bits per heavy atom. The molecule has 0 aliphatic carbocycles. The van der Waals surface area contributed by atoms with Gasteiger partial charge >= 0.3 is 5.97 Å². The number of nitrogens with two attached hydrogens (primary N) is 1. The smallest absolute Gasteiger partial charge is 0.321 e. The number of aromatic amines is 1. The van der Waals surface area contributed by atoms with Crippen molar-refractivity contribution in [3.8, 4) is 0 Å². The van der Waals surface area contributed by atoms with Gasteiger partial charge in [-0.1, -0.05) is 12.1 Å². The fourth-order valence-corrected chi connectivity index (χ4v) is 2.27. The molecule has 0 radical (unpaired) electrons. The number of rotatable bonds is 5. The van der Waals surface area contributed by atoms with Crippen LogP contribution in [-0.4, -0.2) is 32.8 Å². The standard InChI is InChI=1S/C11H13N3O2S/c12-7(11(15)16)5-17-6-10-13-8-3-1-2-4-9(8)14-10/h1-4,7H,5-6,12H2,(H,13,14)(H,15,16)/t7-/m1/s1. The molecule has 0 spiro atoms. The van der Waals surface area contributed by atoms with Crippen LogP contribution in [0.15, 0.2) is 24.3 Å². The van der Waals surface area contributed by atoms with Gasteiger partial charge in [-0.25, -0.2) is 4.98 Å². The Balaban J connectivity index is 1.93. The van der Waals surface area contributed by atoms with E-state index in [9.17, 15) is 4.79 Å². The summed E-state index contributed by atoms with van der Waals surface area (Å²) in [5.74, 6) is 0.887. The van der Waals surface area contributed by atoms with Gasteiger partial charge in [0.2, 0.25) is 0 Å². The van der Waals surface area contributed by atoms with Crippen molar-refractivity contribution in [1.82, 2.24) is 9.97 Å². The van der Waals surface area contributed by atoms with E-state index in [1.807, 2.05) is 24.3 Å². The molecule has 2 aromatic rings. The molecular formula is C11H13N3O2S. The number of aliphatic carboxylic acids is 1. The first-order valence-electron chi connectivity index (χ1n) is 5.16. The molecule has 0 amide bonds. The van der Waals surface area contributed by atoms with Gasteiger partial charge in [-0.05, 0) is 12.1 Å². The first-order valence-corrected chi connectivity index (χ1v) is 6.32. The topological polar surface area (TPSA) is 92.0 Å². The zero-order valence-electron chi connectivity index (χ0n) is 9.09. The van der Waals surface area contributed by atoms with Crippen LogP contribution < -0.4 is 5.73 Å². The van der Waals surface area contributed by atoms with E-state index in [1.165, 1.54) is 11.8 Å². The second kappa shape index (κ2) is 5.20. The number of para-hydroxylation sites is 2. The Bertz CT molecular complexity index is 493. The molecule has 2 rings (SSSR count). The fraction of sp³-hybridized carbons (Fsp3) is 0.273. The van der Waals surface area contributed by atoms with Crippen LogP contribution in [-0.2, 0) is 10.5 Å². The highest BCUT2D eigenvalue weighted by Gasteiger charge is 2.11. The average molecular weight is 251 g/mol. The normalized spacial score (nSPS) is 12.8. The van der Waals surface area contributed by atoms with Crippen molar-refractivity contribution in [2.24, 2.45) is 5.73 Å². The SMILES string of the molecule is N[C@H](CSCc1nc2ccccc2[nH]1)C(=O)O. The number of carbonyl (C=O) groups is 1. The molecule has 0 aliphatic heterocycles. The van der Waals surface area contributed by atoms with Crippen molar-refractivity contribution in [2.75, 3.05) is 5.75 Å². The summed E-state index contributed by atoms with van der Waals surface area (Å²) in [5, 5.41) is 8.63. The molecule has 17 heavy (non-hydrogen) atoms. The maximum Gasteiger partial charge on any atom is 0.321 e. The molecule has 0 unspecified atom stereocenters. The van der Waals surface area contributed by atoms with Crippen molar-refractivity contribution < 1.29 is 9.90 Å². The highest BCUT2D eigenvalue weighted by molar-refractivity contribution is 7.98. The Morgan fingerprint density at radius 3 is 3.00 bits per heavy atom. The highest BCUT2D eigenvalue weighted by Crippen LogP contribution is 2.15. The van der Waals surface area contributed by atoms with Crippen molar-refractivity contribution in [1.29, 1.82) is 0 Å². The Labute approximate surface area is 102 Å². The van der Waals surface area contributed by atoms with E-state index in [4.69, 9.17) is 10.8 Å². The van der Waals surface area contributed by atoms with E-state index >= 15 is 0 Å². The van der Waals surface area contributed by atoms with E-state index in [2.05, 4.69) is 9.97 Å². The molecule has 0 saturated heterocycles. The average Bonchev–Trinajstić information content (AvgIpc) is 2.71. The monoisotopic (exact) mass is 251 g/mol. The number of fused-ring (bicyclic) bond motifs is 1. The first-order chi connectivity index (χ1) is 8.16. The molecule has 0 aliphatic rings. The molecule has 5 nitrogen and oxygen atoms in total. The van der Waals surface area contributed by atoms with Gasteiger partial charge in [0.15, 0.2) is 0 Å². The lowest BCUT2D eigenvalue weighted by Gasteiger charge is -2.03. The summed E-state index contributed by atoms with van der Waals surface area (Å²) < 4.78 is 0. The number of nitrogens with zero attached hydrogens (tertiary/aromatic N) is 1. The number of imidazole rings is 1. The van der Waals surface area contributed by atoms with Gasteiger partial charge in [0.1, 0.15) is 11.9 Å². The number of hydrogen-bond donors (Lipinski definition) is 3. The summed E-state index contributed by atoms with van der Waals surface area (Å²) >= 11 is 1.46. The van der Waals surface area contributed by atoms with Crippen LogP contribution in [0, 0.1) is 0 Å². The van der Waals surface area contributed by atoms with E-state index in [0.29, 0.717) is 11.5 Å². The largest absolute Gasteiger partial charge is 0.480 e. The fourth-order valence-electron chi connectivity index (χ4n) is 1.43. The molecule has 1 aromatic heterocycles. The summed E-state index contributed by atoms with van der Waals surface area (Å²) in [7, 11) is 0. The van der Waals surface area contributed by atoms with E-state index in [1.54, 1.807) is 0 Å². The number of carboxylic acid groups (broad SMARTS) is 1. The number of aromatic nitrogens is 2. The first kappa shape index (κ1) is 11.9. The second-order valence-electron chi connectivity index (χ2n) is 3.66. The summed E-state index contributed by atoms with van der Waals surface area (Å²) in [6, 6.07) is 6.95. The lowest BCUT2D eigenvalue weighted by Crippen LogP contribution is -2.32. The summed E-state index contributed by atoms with van der Waals surface area (Å²) in [4.78, 5) is 18.1. The van der Waals surface area contributed by atoms with E-state index < -0.39 is 12.0 Å². The van der Waals surface area contributed by atoms with Gasteiger partial charge in [-0.15, -0.1) is 0 Å². The van der Waals surface area contributed by atoms with Crippen molar-refractivity contribution >= 4 is 28.8 Å². The molecule has 0 bridgehead atoms. The predicted octanol–water partition coefficient (Wildman–Crippen LogP) is 1.21. The minimum absolute atomic E-state index is 0.381. The quantitative estimate of drug-likeness (QED) is 0.742. The van der Waals surface area contributed by atoms with Crippen LogP contribution in [0.3, 0.4) is 0 Å². The number of thioether (sulfide) groups is 1. The summed E-state index contributed by atoms with van der Waals surface area (Å²) in [5.41, 5.74) is 7.32. The second-order valence-corrected chi connectivity index (χ2v) is 4.69. The summed E-state index contributed by atoms with van der Waals surface area (Å²) in [6.07, 6.45) is 0. The Hall–Kier alpha value is -1.53. The minimum Gasteiger partial charge on any atom is -0.480 e. The molecular weight excluding hydrogens is 238 g/mol. The number of nitrogens with one attached hydrogen (secondary N) is 1. The molecule has 6 heteroatoms. The van der Waals surface area contributed by atoms with Crippen molar-refractivity contribution in [2.45, 2.75) is 11.8 Å². The van der Waals surface area contributed by atoms with Gasteiger partial charge in [0.05, 0.1) is 16.8 Å².